The first-order valence-electron chi connectivity index (χ1n) is 7.41. The fourth-order valence-electron chi connectivity index (χ4n) is 2.22. The minimum absolute atomic E-state index is 0.0926. The van der Waals surface area contributed by atoms with Crippen molar-refractivity contribution in [1.82, 2.24) is 0 Å². The van der Waals surface area contributed by atoms with Crippen LogP contribution in [-0.2, 0) is 4.79 Å². The van der Waals surface area contributed by atoms with Gasteiger partial charge in [0.05, 0.1) is 26.7 Å². The number of esters is 1. The zero-order valence-electron chi connectivity index (χ0n) is 14.7. The molecule has 0 spiro atoms. The van der Waals surface area contributed by atoms with Crippen LogP contribution in [0.2, 0.25) is 0 Å². The van der Waals surface area contributed by atoms with E-state index in [0.717, 1.165) is 0 Å². The molecule has 0 radical (unpaired) electrons. The third-order valence-electron chi connectivity index (χ3n) is 3.57. The van der Waals surface area contributed by atoms with E-state index in [9.17, 15) is 9.90 Å². The Kier molecular flexibility index (Phi) is 4.78. The van der Waals surface area contributed by atoms with Crippen LogP contribution in [0.1, 0.15) is 20.8 Å². The van der Waals surface area contributed by atoms with Crippen LogP contribution in [0.4, 0.5) is 0 Å². The van der Waals surface area contributed by atoms with E-state index in [-0.39, 0.29) is 23.0 Å². The summed E-state index contributed by atoms with van der Waals surface area (Å²) in [5, 5.41) is 11.4. The second-order valence-corrected chi connectivity index (χ2v) is 6.30. The van der Waals surface area contributed by atoms with Crippen molar-refractivity contribution in [3.05, 3.63) is 18.2 Å². The van der Waals surface area contributed by atoms with Gasteiger partial charge in [0.25, 0.3) is 0 Å². The van der Waals surface area contributed by atoms with Crippen molar-refractivity contribution in [1.29, 1.82) is 0 Å². The Morgan fingerprint density at radius 3 is 2.04 bits per heavy atom. The summed E-state index contributed by atoms with van der Waals surface area (Å²) in [5.41, 5.74) is -0.699. The van der Waals surface area contributed by atoms with E-state index in [0.29, 0.717) is 16.5 Å². The largest absolute Gasteiger partial charge is 0.504 e. The number of carbonyl (C=O) groups excluding carboxylic acids is 1. The number of benzene rings is 2. The van der Waals surface area contributed by atoms with Gasteiger partial charge < -0.3 is 24.1 Å². The van der Waals surface area contributed by atoms with Crippen LogP contribution >= 0.6 is 0 Å². The minimum Gasteiger partial charge on any atom is -0.504 e. The summed E-state index contributed by atoms with van der Waals surface area (Å²) in [4.78, 5) is 12.3. The Hall–Kier alpha value is -2.63. The summed E-state index contributed by atoms with van der Waals surface area (Å²) >= 11 is 0. The number of ether oxygens (including phenoxy) is 4. The van der Waals surface area contributed by atoms with Gasteiger partial charge in [-0.15, -0.1) is 0 Å². The van der Waals surface area contributed by atoms with Crippen molar-refractivity contribution in [3.8, 4) is 28.7 Å². The smallest absolute Gasteiger partial charge is 0.316 e. The van der Waals surface area contributed by atoms with Gasteiger partial charge in [-0.3, -0.25) is 4.79 Å². The van der Waals surface area contributed by atoms with Crippen molar-refractivity contribution in [2.75, 3.05) is 21.3 Å². The molecule has 0 heterocycles. The molecule has 0 saturated heterocycles. The molecule has 0 fully saturated rings. The van der Waals surface area contributed by atoms with Gasteiger partial charge >= 0.3 is 5.97 Å². The standard InChI is InChI=1S/C18H22O6/c1-18(2,3)17(20)24-14-11-8-7-10(21-4)9-12(11)13(19)15(22-5)16(14)23-6/h7-9,19H,1-6H3. The molecule has 0 aliphatic rings. The summed E-state index contributed by atoms with van der Waals surface area (Å²) in [6, 6.07) is 5.05. The molecule has 24 heavy (non-hydrogen) atoms. The third-order valence-corrected chi connectivity index (χ3v) is 3.57. The van der Waals surface area contributed by atoms with Gasteiger partial charge in [-0.2, -0.15) is 0 Å². The zero-order valence-corrected chi connectivity index (χ0v) is 14.7. The summed E-state index contributed by atoms with van der Waals surface area (Å²) in [5.74, 6) is 0.465. The van der Waals surface area contributed by atoms with E-state index >= 15 is 0 Å². The third kappa shape index (κ3) is 3.04. The molecular formula is C18H22O6. The van der Waals surface area contributed by atoms with Crippen molar-refractivity contribution in [2.24, 2.45) is 5.41 Å². The van der Waals surface area contributed by atoms with Gasteiger partial charge in [0.2, 0.25) is 11.5 Å². The Balaban J connectivity index is 2.79. The molecule has 0 unspecified atom stereocenters. The number of rotatable bonds is 4. The Morgan fingerprint density at radius 1 is 0.917 bits per heavy atom. The molecule has 0 aliphatic carbocycles. The molecule has 2 aromatic carbocycles. The van der Waals surface area contributed by atoms with E-state index in [2.05, 4.69) is 0 Å². The molecule has 0 atom stereocenters. The molecule has 0 bridgehead atoms. The maximum absolute atomic E-state index is 12.3. The molecule has 0 aliphatic heterocycles. The summed E-state index contributed by atoms with van der Waals surface area (Å²) in [6.07, 6.45) is 0. The highest BCUT2D eigenvalue weighted by atomic mass is 16.6. The quantitative estimate of drug-likeness (QED) is 0.681. The van der Waals surface area contributed by atoms with Crippen LogP contribution in [0.5, 0.6) is 28.7 Å². The summed E-state index contributed by atoms with van der Waals surface area (Å²) in [7, 11) is 4.35. The number of phenols is 1. The Bertz CT molecular complexity index is 773. The lowest BCUT2D eigenvalue weighted by atomic mass is 9.97. The first-order valence-corrected chi connectivity index (χ1v) is 7.41. The van der Waals surface area contributed by atoms with E-state index in [4.69, 9.17) is 18.9 Å². The van der Waals surface area contributed by atoms with Gasteiger partial charge in [-0.25, -0.2) is 0 Å². The molecule has 0 saturated carbocycles. The first kappa shape index (κ1) is 17.7. The van der Waals surface area contributed by atoms with Crippen LogP contribution in [0.25, 0.3) is 10.8 Å². The predicted octanol–water partition coefficient (Wildman–Crippen LogP) is 3.52. The van der Waals surface area contributed by atoms with E-state index < -0.39 is 11.4 Å². The average molecular weight is 334 g/mol. The van der Waals surface area contributed by atoms with Crippen LogP contribution in [0.3, 0.4) is 0 Å². The molecule has 0 aromatic heterocycles. The minimum atomic E-state index is -0.699. The number of fused-ring (bicyclic) bond motifs is 1. The molecule has 2 rings (SSSR count). The maximum atomic E-state index is 12.3. The highest BCUT2D eigenvalue weighted by Gasteiger charge is 2.29. The Labute approximate surface area is 140 Å². The van der Waals surface area contributed by atoms with Crippen LogP contribution in [-0.4, -0.2) is 32.4 Å². The predicted molar refractivity (Wildman–Crippen MR) is 90.4 cm³/mol. The Morgan fingerprint density at radius 2 is 1.54 bits per heavy atom. The topological polar surface area (TPSA) is 74.2 Å². The van der Waals surface area contributed by atoms with Crippen molar-refractivity contribution >= 4 is 16.7 Å². The van der Waals surface area contributed by atoms with Gasteiger partial charge in [-0.05, 0) is 39.0 Å². The molecule has 130 valence electrons. The highest BCUT2D eigenvalue weighted by Crippen LogP contribution is 2.51. The molecular weight excluding hydrogens is 312 g/mol. The van der Waals surface area contributed by atoms with Crippen molar-refractivity contribution in [3.63, 3.8) is 0 Å². The molecule has 6 nitrogen and oxygen atoms in total. The van der Waals surface area contributed by atoms with Gasteiger partial charge in [0.15, 0.2) is 11.5 Å². The van der Waals surface area contributed by atoms with E-state index in [1.807, 2.05) is 0 Å². The SMILES string of the molecule is COc1ccc2c(OC(=O)C(C)(C)C)c(OC)c(OC)c(O)c2c1. The van der Waals surface area contributed by atoms with E-state index in [1.165, 1.54) is 21.3 Å². The second kappa shape index (κ2) is 6.47. The van der Waals surface area contributed by atoms with Crippen LogP contribution < -0.4 is 18.9 Å². The fraction of sp³-hybridized carbons (Fsp3) is 0.389. The second-order valence-electron chi connectivity index (χ2n) is 6.30. The molecule has 2 aromatic rings. The highest BCUT2D eigenvalue weighted by molar-refractivity contribution is 6.00. The fourth-order valence-corrected chi connectivity index (χ4v) is 2.22. The normalized spacial score (nSPS) is 11.2. The number of phenolic OH excluding ortho intramolecular Hbond substituents is 1. The van der Waals surface area contributed by atoms with Crippen LogP contribution in [0.15, 0.2) is 18.2 Å². The molecule has 1 N–H and O–H groups in total. The monoisotopic (exact) mass is 334 g/mol. The van der Waals surface area contributed by atoms with E-state index in [1.54, 1.807) is 39.0 Å². The molecule has 0 amide bonds. The number of methoxy groups -OCH3 is 3. The summed E-state index contributed by atoms with van der Waals surface area (Å²) < 4.78 is 21.4. The average Bonchev–Trinajstić information content (AvgIpc) is 2.55. The van der Waals surface area contributed by atoms with Crippen LogP contribution in [0, 0.1) is 5.41 Å². The summed E-state index contributed by atoms with van der Waals surface area (Å²) in [6.45, 7) is 5.26. The molecule has 6 heteroatoms. The van der Waals surface area contributed by atoms with Gasteiger partial charge in [0.1, 0.15) is 5.75 Å². The zero-order chi connectivity index (χ0) is 18.1. The number of aromatic hydroxyl groups is 1. The maximum Gasteiger partial charge on any atom is 0.316 e. The lowest BCUT2D eigenvalue weighted by Crippen LogP contribution is -2.25. The number of hydrogen-bond donors (Lipinski definition) is 1. The first-order chi connectivity index (χ1) is 11.2. The number of carbonyl (C=O) groups is 1. The van der Waals surface area contributed by atoms with Crippen molar-refractivity contribution in [2.45, 2.75) is 20.8 Å². The number of hydrogen-bond acceptors (Lipinski definition) is 6. The lowest BCUT2D eigenvalue weighted by Gasteiger charge is -2.21. The van der Waals surface area contributed by atoms with Gasteiger partial charge in [-0.1, -0.05) is 0 Å². The van der Waals surface area contributed by atoms with Gasteiger partial charge in [0, 0.05) is 10.8 Å². The lowest BCUT2D eigenvalue weighted by molar-refractivity contribution is -0.143. The van der Waals surface area contributed by atoms with Crippen molar-refractivity contribution < 1.29 is 28.8 Å².